The van der Waals surface area contributed by atoms with Crippen molar-refractivity contribution >= 4 is 5.69 Å². The Morgan fingerprint density at radius 1 is 1.05 bits per heavy atom. The quantitative estimate of drug-likeness (QED) is 0.768. The normalized spacial score (nSPS) is 10.5. The maximum Gasteiger partial charge on any atom is 0.125 e. The lowest BCUT2D eigenvalue weighted by atomic mass is 10.1. The summed E-state index contributed by atoms with van der Waals surface area (Å²) in [5, 5.41) is 3.39. The van der Waals surface area contributed by atoms with E-state index in [2.05, 4.69) is 46.5 Å². The molecule has 20 heavy (non-hydrogen) atoms. The summed E-state index contributed by atoms with van der Waals surface area (Å²) in [5.41, 5.74) is 3.58. The van der Waals surface area contributed by atoms with Gasteiger partial charge in [-0.2, -0.15) is 0 Å². The zero-order valence-electron chi connectivity index (χ0n) is 12.4. The molecule has 0 fully saturated rings. The predicted molar refractivity (Wildman–Crippen MR) is 83.8 cm³/mol. The van der Waals surface area contributed by atoms with E-state index in [0.29, 0.717) is 0 Å². The second-order valence-corrected chi connectivity index (χ2v) is 5.10. The van der Waals surface area contributed by atoms with Crippen LogP contribution in [0.2, 0.25) is 0 Å². The average molecular weight is 269 g/mol. The Morgan fingerprint density at radius 3 is 2.55 bits per heavy atom. The monoisotopic (exact) mass is 269 g/mol. The van der Waals surface area contributed by atoms with Crippen LogP contribution in [0.15, 0.2) is 36.5 Å². The number of unbranched alkanes of at least 4 members (excludes halogenated alkanes) is 2. The van der Waals surface area contributed by atoms with Gasteiger partial charge in [0, 0.05) is 11.9 Å². The molecule has 2 aromatic rings. The summed E-state index contributed by atoms with van der Waals surface area (Å²) in [6.45, 7) is 4.88. The summed E-state index contributed by atoms with van der Waals surface area (Å²) in [6, 6.07) is 10.7. The van der Waals surface area contributed by atoms with E-state index in [9.17, 15) is 0 Å². The predicted octanol–water partition coefficient (Wildman–Crippen LogP) is 4.13. The molecule has 0 atom stereocenters. The zero-order valence-corrected chi connectivity index (χ0v) is 12.4. The third-order valence-corrected chi connectivity index (χ3v) is 3.33. The van der Waals surface area contributed by atoms with Gasteiger partial charge in [0.2, 0.25) is 0 Å². The number of hydrogen-bond acceptors (Lipinski definition) is 3. The van der Waals surface area contributed by atoms with Crippen LogP contribution >= 0.6 is 0 Å². The standard InChI is InChI=1S/C17H23N3/c1-3-4-5-6-15-7-9-16(10-8-15)19-13-17-11-12-18-14(2)20-17/h7-12,19H,3-6,13H2,1-2H3. The molecule has 0 bridgehead atoms. The van der Waals surface area contributed by atoms with E-state index in [1.165, 1.54) is 31.2 Å². The molecule has 1 aromatic carbocycles. The zero-order chi connectivity index (χ0) is 14.2. The van der Waals surface area contributed by atoms with E-state index in [1.54, 1.807) is 6.20 Å². The molecule has 0 spiro atoms. The van der Waals surface area contributed by atoms with Crippen LogP contribution in [0.4, 0.5) is 5.69 Å². The third kappa shape index (κ3) is 4.65. The highest BCUT2D eigenvalue weighted by molar-refractivity contribution is 5.44. The highest BCUT2D eigenvalue weighted by Gasteiger charge is 1.98. The van der Waals surface area contributed by atoms with Crippen molar-refractivity contribution in [2.24, 2.45) is 0 Å². The van der Waals surface area contributed by atoms with Gasteiger partial charge >= 0.3 is 0 Å². The first kappa shape index (κ1) is 14.5. The fourth-order valence-electron chi connectivity index (χ4n) is 2.16. The first-order valence-corrected chi connectivity index (χ1v) is 7.39. The number of hydrogen-bond donors (Lipinski definition) is 1. The van der Waals surface area contributed by atoms with Crippen molar-refractivity contribution in [3.8, 4) is 0 Å². The molecule has 2 rings (SSSR count). The van der Waals surface area contributed by atoms with Crippen molar-refractivity contribution in [3.63, 3.8) is 0 Å². The van der Waals surface area contributed by atoms with Crippen LogP contribution in [-0.4, -0.2) is 9.97 Å². The average Bonchev–Trinajstić information content (AvgIpc) is 2.47. The van der Waals surface area contributed by atoms with E-state index in [0.717, 1.165) is 23.8 Å². The minimum absolute atomic E-state index is 0.735. The molecule has 0 radical (unpaired) electrons. The van der Waals surface area contributed by atoms with Crippen LogP contribution in [0.1, 0.15) is 43.3 Å². The third-order valence-electron chi connectivity index (χ3n) is 3.33. The number of nitrogens with zero attached hydrogens (tertiary/aromatic N) is 2. The molecule has 0 aliphatic carbocycles. The molecular formula is C17H23N3. The Kier molecular flexibility index (Phi) is 5.54. The number of anilines is 1. The minimum Gasteiger partial charge on any atom is -0.379 e. The second kappa shape index (κ2) is 7.63. The molecule has 0 unspecified atom stereocenters. The molecular weight excluding hydrogens is 246 g/mol. The van der Waals surface area contributed by atoms with Crippen LogP contribution < -0.4 is 5.32 Å². The molecule has 3 nitrogen and oxygen atoms in total. The Morgan fingerprint density at radius 2 is 1.85 bits per heavy atom. The molecule has 0 saturated heterocycles. The fourth-order valence-corrected chi connectivity index (χ4v) is 2.16. The van der Waals surface area contributed by atoms with Gasteiger partial charge in [-0.05, 0) is 43.5 Å². The van der Waals surface area contributed by atoms with Crippen LogP contribution in [0.25, 0.3) is 0 Å². The molecule has 1 heterocycles. The number of nitrogens with one attached hydrogen (secondary N) is 1. The molecule has 1 aromatic heterocycles. The van der Waals surface area contributed by atoms with Crippen molar-refractivity contribution in [1.82, 2.24) is 9.97 Å². The minimum atomic E-state index is 0.735. The van der Waals surface area contributed by atoms with Gasteiger partial charge in [0.1, 0.15) is 5.82 Å². The first-order chi connectivity index (χ1) is 9.78. The van der Waals surface area contributed by atoms with Gasteiger partial charge < -0.3 is 5.32 Å². The summed E-state index contributed by atoms with van der Waals surface area (Å²) < 4.78 is 0. The Hall–Kier alpha value is -1.90. The molecule has 0 amide bonds. The van der Waals surface area contributed by atoms with Gasteiger partial charge in [-0.15, -0.1) is 0 Å². The maximum atomic E-state index is 4.38. The topological polar surface area (TPSA) is 37.8 Å². The summed E-state index contributed by atoms with van der Waals surface area (Å²) in [4.78, 5) is 8.49. The highest BCUT2D eigenvalue weighted by Crippen LogP contribution is 2.13. The van der Waals surface area contributed by atoms with Crippen LogP contribution in [0.5, 0.6) is 0 Å². The number of benzene rings is 1. The summed E-state index contributed by atoms with van der Waals surface area (Å²) in [6.07, 6.45) is 6.85. The fraction of sp³-hybridized carbons (Fsp3) is 0.412. The van der Waals surface area contributed by atoms with Crippen molar-refractivity contribution in [2.75, 3.05) is 5.32 Å². The Balaban J connectivity index is 1.84. The van der Waals surface area contributed by atoms with Crippen LogP contribution in [0.3, 0.4) is 0 Å². The molecule has 0 aliphatic rings. The molecule has 3 heteroatoms. The highest BCUT2D eigenvalue weighted by atomic mass is 14.9. The van der Waals surface area contributed by atoms with Gasteiger partial charge in [0.25, 0.3) is 0 Å². The Bertz CT molecular complexity index is 520. The van der Waals surface area contributed by atoms with Crippen molar-refractivity contribution in [3.05, 3.63) is 53.6 Å². The smallest absolute Gasteiger partial charge is 0.125 e. The lowest BCUT2D eigenvalue weighted by Crippen LogP contribution is -2.03. The summed E-state index contributed by atoms with van der Waals surface area (Å²) in [7, 11) is 0. The van der Waals surface area contributed by atoms with Crippen LogP contribution in [-0.2, 0) is 13.0 Å². The van der Waals surface area contributed by atoms with E-state index < -0.39 is 0 Å². The van der Waals surface area contributed by atoms with Gasteiger partial charge in [-0.1, -0.05) is 31.9 Å². The largest absolute Gasteiger partial charge is 0.379 e. The van der Waals surface area contributed by atoms with E-state index in [1.807, 2.05) is 13.0 Å². The summed E-state index contributed by atoms with van der Waals surface area (Å²) in [5.74, 6) is 0.815. The number of rotatable bonds is 7. The van der Waals surface area contributed by atoms with Gasteiger partial charge in [-0.3, -0.25) is 0 Å². The van der Waals surface area contributed by atoms with Gasteiger partial charge in [0.05, 0.1) is 12.2 Å². The van der Waals surface area contributed by atoms with Crippen molar-refractivity contribution < 1.29 is 0 Å². The lowest BCUT2D eigenvalue weighted by Gasteiger charge is -2.07. The molecule has 1 N–H and O–H groups in total. The van der Waals surface area contributed by atoms with Crippen molar-refractivity contribution in [1.29, 1.82) is 0 Å². The molecule has 106 valence electrons. The van der Waals surface area contributed by atoms with E-state index in [-0.39, 0.29) is 0 Å². The first-order valence-electron chi connectivity index (χ1n) is 7.39. The second-order valence-electron chi connectivity index (χ2n) is 5.10. The lowest BCUT2D eigenvalue weighted by molar-refractivity contribution is 0.717. The summed E-state index contributed by atoms with van der Waals surface area (Å²) >= 11 is 0. The van der Waals surface area contributed by atoms with E-state index in [4.69, 9.17) is 0 Å². The maximum absolute atomic E-state index is 4.38. The molecule has 0 saturated carbocycles. The number of aryl methyl sites for hydroxylation is 2. The van der Waals surface area contributed by atoms with E-state index >= 15 is 0 Å². The molecule has 0 aliphatic heterocycles. The van der Waals surface area contributed by atoms with Crippen LogP contribution in [0, 0.1) is 6.92 Å². The van der Waals surface area contributed by atoms with Gasteiger partial charge in [-0.25, -0.2) is 9.97 Å². The Labute approximate surface area is 121 Å². The number of aromatic nitrogens is 2. The SMILES string of the molecule is CCCCCc1ccc(NCc2ccnc(C)n2)cc1. The van der Waals surface area contributed by atoms with Gasteiger partial charge in [0.15, 0.2) is 0 Å². The van der Waals surface area contributed by atoms with Crippen molar-refractivity contribution in [2.45, 2.75) is 46.1 Å².